The maximum atomic E-state index is 13.5. The molecule has 2 rings (SSSR count). The molecule has 3 nitrogen and oxygen atoms in total. The molecule has 1 aliphatic carbocycles. The van der Waals surface area contributed by atoms with Gasteiger partial charge in [-0.2, -0.15) is 0 Å². The van der Waals surface area contributed by atoms with E-state index in [2.05, 4.69) is 5.32 Å². The van der Waals surface area contributed by atoms with E-state index in [-0.39, 0.29) is 5.82 Å². The van der Waals surface area contributed by atoms with Gasteiger partial charge in [0.2, 0.25) is 0 Å². The highest BCUT2D eigenvalue weighted by molar-refractivity contribution is 5.53. The molecule has 2 unspecified atom stereocenters. The summed E-state index contributed by atoms with van der Waals surface area (Å²) in [6.07, 6.45) is 3.28. The zero-order valence-corrected chi connectivity index (χ0v) is 9.37. The number of rotatable bonds is 3. The minimum atomic E-state index is -0.291. The number of hydrogen-bond donors (Lipinski definition) is 2. The molecule has 4 heteroatoms. The van der Waals surface area contributed by atoms with Gasteiger partial charge in [-0.05, 0) is 37.5 Å². The molecule has 3 N–H and O–H groups in total. The van der Waals surface area contributed by atoms with Gasteiger partial charge in [-0.3, -0.25) is 0 Å². The van der Waals surface area contributed by atoms with Crippen LogP contribution in [0.4, 0.5) is 15.8 Å². The molecule has 1 saturated carbocycles. The predicted octanol–water partition coefficient (Wildman–Crippen LogP) is 2.39. The van der Waals surface area contributed by atoms with Gasteiger partial charge in [0.15, 0.2) is 0 Å². The number of hydrogen-bond acceptors (Lipinski definition) is 3. The fraction of sp³-hybridized carbons (Fsp3) is 0.500. The molecule has 0 radical (unpaired) electrons. The molecule has 1 aromatic rings. The van der Waals surface area contributed by atoms with Crippen molar-refractivity contribution >= 4 is 11.4 Å². The van der Waals surface area contributed by atoms with E-state index in [9.17, 15) is 4.39 Å². The van der Waals surface area contributed by atoms with Gasteiger partial charge in [0.1, 0.15) is 5.82 Å². The third kappa shape index (κ3) is 2.44. The fourth-order valence-electron chi connectivity index (χ4n) is 2.15. The van der Waals surface area contributed by atoms with Crippen LogP contribution in [-0.4, -0.2) is 19.3 Å². The van der Waals surface area contributed by atoms with E-state index in [1.54, 1.807) is 19.2 Å². The second-order valence-electron chi connectivity index (χ2n) is 4.25. The molecule has 16 heavy (non-hydrogen) atoms. The zero-order chi connectivity index (χ0) is 11.5. The van der Waals surface area contributed by atoms with Crippen LogP contribution in [0, 0.1) is 5.82 Å². The van der Waals surface area contributed by atoms with Crippen LogP contribution in [0.3, 0.4) is 0 Å². The average molecular weight is 224 g/mol. The average Bonchev–Trinajstić information content (AvgIpc) is 2.70. The van der Waals surface area contributed by atoms with E-state index < -0.39 is 0 Å². The molecule has 0 bridgehead atoms. The molecule has 0 aliphatic heterocycles. The summed E-state index contributed by atoms with van der Waals surface area (Å²) in [5.74, 6) is -0.291. The summed E-state index contributed by atoms with van der Waals surface area (Å²) in [5.41, 5.74) is 6.46. The second kappa shape index (κ2) is 4.70. The first-order valence-electron chi connectivity index (χ1n) is 5.53. The second-order valence-corrected chi connectivity index (χ2v) is 4.25. The number of nitrogen functional groups attached to an aromatic ring is 1. The summed E-state index contributed by atoms with van der Waals surface area (Å²) in [4.78, 5) is 0. The Bertz CT molecular complexity index is 370. The van der Waals surface area contributed by atoms with Crippen LogP contribution < -0.4 is 11.1 Å². The highest BCUT2D eigenvalue weighted by atomic mass is 19.1. The van der Waals surface area contributed by atoms with E-state index in [0.29, 0.717) is 23.5 Å². The lowest BCUT2D eigenvalue weighted by Crippen LogP contribution is -2.18. The van der Waals surface area contributed by atoms with Crippen molar-refractivity contribution in [2.45, 2.75) is 31.4 Å². The topological polar surface area (TPSA) is 47.3 Å². The van der Waals surface area contributed by atoms with Crippen molar-refractivity contribution in [2.24, 2.45) is 0 Å². The zero-order valence-electron chi connectivity index (χ0n) is 9.37. The normalized spacial score (nSPS) is 24.6. The monoisotopic (exact) mass is 224 g/mol. The van der Waals surface area contributed by atoms with Gasteiger partial charge in [-0.1, -0.05) is 0 Å². The van der Waals surface area contributed by atoms with Crippen molar-refractivity contribution in [3.63, 3.8) is 0 Å². The molecule has 0 heterocycles. The van der Waals surface area contributed by atoms with E-state index in [1.807, 2.05) is 0 Å². The number of halogens is 1. The number of ether oxygens (including phenoxy) is 1. The summed E-state index contributed by atoms with van der Waals surface area (Å²) in [7, 11) is 1.72. The van der Waals surface area contributed by atoms with E-state index in [1.165, 1.54) is 6.07 Å². The smallest absolute Gasteiger partial charge is 0.148 e. The highest BCUT2D eigenvalue weighted by Gasteiger charge is 2.24. The van der Waals surface area contributed by atoms with Crippen molar-refractivity contribution < 1.29 is 9.13 Å². The van der Waals surface area contributed by atoms with Crippen LogP contribution >= 0.6 is 0 Å². The van der Waals surface area contributed by atoms with Gasteiger partial charge in [-0.15, -0.1) is 0 Å². The number of nitrogens with two attached hydrogens (primary N) is 1. The molecule has 0 amide bonds. The highest BCUT2D eigenvalue weighted by Crippen LogP contribution is 2.26. The molecule has 1 aromatic carbocycles. The van der Waals surface area contributed by atoms with E-state index in [4.69, 9.17) is 10.5 Å². The van der Waals surface area contributed by atoms with Crippen LogP contribution in [0.15, 0.2) is 18.2 Å². The van der Waals surface area contributed by atoms with Gasteiger partial charge in [0, 0.05) is 18.8 Å². The van der Waals surface area contributed by atoms with Crippen LogP contribution in [0.5, 0.6) is 0 Å². The van der Waals surface area contributed by atoms with Gasteiger partial charge < -0.3 is 15.8 Å². The molecule has 0 spiro atoms. The van der Waals surface area contributed by atoms with Crippen LogP contribution in [0.2, 0.25) is 0 Å². The van der Waals surface area contributed by atoms with Crippen molar-refractivity contribution in [2.75, 3.05) is 18.2 Å². The van der Waals surface area contributed by atoms with Gasteiger partial charge in [0.25, 0.3) is 0 Å². The van der Waals surface area contributed by atoms with Crippen molar-refractivity contribution in [1.82, 2.24) is 0 Å². The lowest BCUT2D eigenvalue weighted by atomic mass is 10.2. The van der Waals surface area contributed by atoms with Crippen LogP contribution in [0.25, 0.3) is 0 Å². The summed E-state index contributed by atoms with van der Waals surface area (Å²) in [6, 6.07) is 5.02. The predicted molar refractivity (Wildman–Crippen MR) is 62.9 cm³/mol. The van der Waals surface area contributed by atoms with Gasteiger partial charge >= 0.3 is 0 Å². The summed E-state index contributed by atoms with van der Waals surface area (Å²) >= 11 is 0. The first-order chi connectivity index (χ1) is 7.69. The van der Waals surface area contributed by atoms with Crippen molar-refractivity contribution in [3.8, 4) is 0 Å². The van der Waals surface area contributed by atoms with Gasteiger partial charge in [-0.25, -0.2) is 4.39 Å². The van der Waals surface area contributed by atoms with Crippen molar-refractivity contribution in [1.29, 1.82) is 0 Å². The minimum Gasteiger partial charge on any atom is -0.399 e. The first-order valence-corrected chi connectivity index (χ1v) is 5.53. The third-order valence-electron chi connectivity index (χ3n) is 3.07. The maximum absolute atomic E-state index is 13.5. The maximum Gasteiger partial charge on any atom is 0.148 e. The molecular formula is C12H17FN2O. The molecule has 2 atom stereocenters. The van der Waals surface area contributed by atoms with E-state index >= 15 is 0 Å². The lowest BCUT2D eigenvalue weighted by molar-refractivity contribution is 0.108. The van der Waals surface area contributed by atoms with Gasteiger partial charge in [0.05, 0.1) is 11.8 Å². The quantitative estimate of drug-likeness (QED) is 0.775. The van der Waals surface area contributed by atoms with Crippen LogP contribution in [0.1, 0.15) is 19.3 Å². The Morgan fingerprint density at radius 3 is 2.88 bits per heavy atom. The minimum absolute atomic E-state index is 0.291. The Morgan fingerprint density at radius 2 is 2.25 bits per heavy atom. The van der Waals surface area contributed by atoms with Crippen molar-refractivity contribution in [3.05, 3.63) is 24.0 Å². The summed E-state index contributed by atoms with van der Waals surface area (Å²) < 4.78 is 18.8. The molecule has 0 aromatic heterocycles. The number of anilines is 2. The molecule has 88 valence electrons. The SMILES string of the molecule is COC1CCC(Nc2ccc(N)cc2F)C1. The van der Waals surface area contributed by atoms with E-state index in [0.717, 1.165) is 19.3 Å². The molecule has 1 fully saturated rings. The number of nitrogens with one attached hydrogen (secondary N) is 1. The molecular weight excluding hydrogens is 207 g/mol. The number of methoxy groups -OCH3 is 1. The standard InChI is InChI=1S/C12H17FN2O/c1-16-10-4-3-9(7-10)15-12-5-2-8(14)6-11(12)13/h2,5-6,9-10,15H,3-4,7,14H2,1H3. The Morgan fingerprint density at radius 1 is 1.44 bits per heavy atom. The Hall–Kier alpha value is -1.29. The fourth-order valence-corrected chi connectivity index (χ4v) is 2.15. The summed E-state index contributed by atoms with van der Waals surface area (Å²) in [6.45, 7) is 0. The summed E-state index contributed by atoms with van der Waals surface area (Å²) in [5, 5.41) is 3.19. The lowest BCUT2D eigenvalue weighted by Gasteiger charge is -2.15. The molecule has 1 aliphatic rings. The van der Waals surface area contributed by atoms with Crippen LogP contribution in [-0.2, 0) is 4.74 Å². The molecule has 0 saturated heterocycles. The number of benzene rings is 1. The third-order valence-corrected chi connectivity index (χ3v) is 3.07. The Kier molecular flexibility index (Phi) is 3.29. The first kappa shape index (κ1) is 11.2. The Labute approximate surface area is 94.8 Å². The largest absolute Gasteiger partial charge is 0.399 e. The Balaban J connectivity index is 1.99.